The van der Waals surface area contributed by atoms with Crippen LogP contribution in [0.1, 0.15) is 78.1 Å². The SMILES string of the molecule is CCCCCCCCCCCCNNC(C)=O. The fraction of sp³-hybridized carbons (Fsp3) is 0.929. The molecule has 0 unspecified atom stereocenters. The third kappa shape index (κ3) is 15.4. The molecule has 0 heterocycles. The summed E-state index contributed by atoms with van der Waals surface area (Å²) in [5.41, 5.74) is 5.50. The third-order valence-electron chi connectivity index (χ3n) is 2.92. The Morgan fingerprint density at radius 3 is 1.76 bits per heavy atom. The van der Waals surface area contributed by atoms with Crippen LogP contribution in [-0.4, -0.2) is 12.5 Å². The van der Waals surface area contributed by atoms with Crippen LogP contribution in [0.15, 0.2) is 0 Å². The number of carbonyl (C=O) groups excluding carboxylic acids is 1. The van der Waals surface area contributed by atoms with E-state index in [4.69, 9.17) is 0 Å². The first kappa shape index (κ1) is 16.4. The fourth-order valence-corrected chi connectivity index (χ4v) is 1.89. The summed E-state index contributed by atoms with van der Waals surface area (Å²) in [7, 11) is 0. The number of hydrogen-bond acceptors (Lipinski definition) is 2. The Kier molecular flexibility index (Phi) is 13.0. The zero-order valence-corrected chi connectivity index (χ0v) is 11.7. The molecule has 0 rings (SSSR count). The van der Waals surface area contributed by atoms with Gasteiger partial charge >= 0.3 is 0 Å². The van der Waals surface area contributed by atoms with Crippen molar-refractivity contribution in [2.45, 2.75) is 78.1 Å². The third-order valence-corrected chi connectivity index (χ3v) is 2.92. The molecule has 0 saturated carbocycles. The highest BCUT2D eigenvalue weighted by Crippen LogP contribution is 2.09. The van der Waals surface area contributed by atoms with Gasteiger partial charge in [0.05, 0.1) is 0 Å². The van der Waals surface area contributed by atoms with Gasteiger partial charge in [0, 0.05) is 13.5 Å². The van der Waals surface area contributed by atoms with Crippen LogP contribution in [0, 0.1) is 0 Å². The number of rotatable bonds is 12. The maximum absolute atomic E-state index is 10.6. The molecule has 0 spiro atoms. The summed E-state index contributed by atoms with van der Waals surface area (Å²) >= 11 is 0. The first-order valence-electron chi connectivity index (χ1n) is 7.26. The van der Waals surface area contributed by atoms with Crippen LogP contribution >= 0.6 is 0 Å². The van der Waals surface area contributed by atoms with Gasteiger partial charge in [-0.2, -0.15) is 0 Å². The van der Waals surface area contributed by atoms with Crippen LogP contribution in [0.5, 0.6) is 0 Å². The number of amides is 1. The van der Waals surface area contributed by atoms with E-state index in [2.05, 4.69) is 17.8 Å². The predicted octanol–water partition coefficient (Wildman–Crippen LogP) is 3.55. The summed E-state index contributed by atoms with van der Waals surface area (Å²) in [6.45, 7) is 4.66. The van der Waals surface area contributed by atoms with E-state index in [1.807, 2.05) is 0 Å². The van der Waals surface area contributed by atoms with Gasteiger partial charge in [0.2, 0.25) is 5.91 Å². The highest BCUT2D eigenvalue weighted by atomic mass is 16.2. The summed E-state index contributed by atoms with van der Waals surface area (Å²) in [6.07, 6.45) is 13.5. The Morgan fingerprint density at radius 2 is 1.29 bits per heavy atom. The molecule has 0 saturated heterocycles. The molecule has 0 aliphatic heterocycles. The number of nitrogens with one attached hydrogen (secondary N) is 2. The molecule has 1 amide bonds. The maximum atomic E-state index is 10.6. The quantitative estimate of drug-likeness (QED) is 0.406. The molecule has 17 heavy (non-hydrogen) atoms. The average molecular weight is 242 g/mol. The van der Waals surface area contributed by atoms with E-state index in [0.717, 1.165) is 13.0 Å². The molecule has 0 aliphatic carbocycles. The molecule has 0 aromatic carbocycles. The van der Waals surface area contributed by atoms with E-state index in [9.17, 15) is 4.79 Å². The zero-order valence-electron chi connectivity index (χ0n) is 11.7. The molecule has 2 N–H and O–H groups in total. The van der Waals surface area contributed by atoms with Gasteiger partial charge in [-0.1, -0.05) is 64.7 Å². The van der Waals surface area contributed by atoms with E-state index in [1.165, 1.54) is 64.7 Å². The van der Waals surface area contributed by atoms with Crippen LogP contribution in [-0.2, 0) is 4.79 Å². The Balaban J connectivity index is 2.91. The van der Waals surface area contributed by atoms with Crippen molar-refractivity contribution < 1.29 is 4.79 Å². The molecule has 0 fully saturated rings. The van der Waals surface area contributed by atoms with Crippen molar-refractivity contribution >= 4 is 5.91 Å². The van der Waals surface area contributed by atoms with Crippen molar-refractivity contribution in [3.8, 4) is 0 Å². The second kappa shape index (κ2) is 13.5. The number of hydrogen-bond donors (Lipinski definition) is 2. The molecular weight excluding hydrogens is 212 g/mol. The lowest BCUT2D eigenvalue weighted by molar-refractivity contribution is -0.119. The monoisotopic (exact) mass is 242 g/mol. The fourth-order valence-electron chi connectivity index (χ4n) is 1.89. The molecule has 0 radical (unpaired) electrons. The smallest absolute Gasteiger partial charge is 0.230 e. The minimum Gasteiger partial charge on any atom is -0.292 e. The van der Waals surface area contributed by atoms with Gasteiger partial charge in [-0.15, -0.1) is 0 Å². The van der Waals surface area contributed by atoms with Crippen LogP contribution in [0.3, 0.4) is 0 Å². The van der Waals surface area contributed by atoms with Gasteiger partial charge in [-0.3, -0.25) is 10.2 Å². The molecule has 3 heteroatoms. The van der Waals surface area contributed by atoms with Crippen LogP contribution in [0.2, 0.25) is 0 Å². The first-order valence-corrected chi connectivity index (χ1v) is 7.26. The van der Waals surface area contributed by atoms with E-state index in [-0.39, 0.29) is 5.91 Å². The van der Waals surface area contributed by atoms with Crippen molar-refractivity contribution in [1.82, 2.24) is 10.9 Å². The Bertz CT molecular complexity index is 172. The van der Waals surface area contributed by atoms with Crippen LogP contribution < -0.4 is 10.9 Å². The summed E-state index contributed by atoms with van der Waals surface area (Å²) in [4.78, 5) is 10.6. The minimum absolute atomic E-state index is 0.0166. The van der Waals surface area contributed by atoms with Crippen molar-refractivity contribution in [2.75, 3.05) is 6.54 Å². The lowest BCUT2D eigenvalue weighted by Crippen LogP contribution is -2.36. The Morgan fingerprint density at radius 1 is 0.824 bits per heavy atom. The normalized spacial score (nSPS) is 10.5. The molecule has 0 atom stereocenters. The Hall–Kier alpha value is -0.570. The highest BCUT2D eigenvalue weighted by Gasteiger charge is 1.93. The van der Waals surface area contributed by atoms with Gasteiger partial charge < -0.3 is 0 Å². The number of carbonyl (C=O) groups is 1. The summed E-state index contributed by atoms with van der Waals surface area (Å²) in [6, 6.07) is 0. The van der Waals surface area contributed by atoms with Gasteiger partial charge in [-0.25, -0.2) is 5.43 Å². The van der Waals surface area contributed by atoms with Gasteiger partial charge in [0.1, 0.15) is 0 Å². The standard InChI is InChI=1S/C14H30N2O/c1-3-4-5-6-7-8-9-10-11-12-13-15-16-14(2)17/h15H,3-13H2,1-2H3,(H,16,17). The van der Waals surface area contributed by atoms with Crippen LogP contribution in [0.4, 0.5) is 0 Å². The van der Waals surface area contributed by atoms with E-state index < -0.39 is 0 Å². The van der Waals surface area contributed by atoms with E-state index in [0.29, 0.717) is 0 Å². The maximum Gasteiger partial charge on any atom is 0.230 e. The molecule has 102 valence electrons. The lowest BCUT2D eigenvalue weighted by atomic mass is 10.1. The Labute approximate surface area is 107 Å². The predicted molar refractivity (Wildman–Crippen MR) is 73.7 cm³/mol. The summed E-state index contributed by atoms with van der Waals surface area (Å²) in [5.74, 6) is -0.0166. The second-order valence-electron chi connectivity index (χ2n) is 4.79. The first-order chi connectivity index (χ1) is 8.27. The second-order valence-corrected chi connectivity index (χ2v) is 4.79. The largest absolute Gasteiger partial charge is 0.292 e. The molecule has 0 bridgehead atoms. The summed E-state index contributed by atoms with van der Waals surface area (Å²) < 4.78 is 0. The average Bonchev–Trinajstić information content (AvgIpc) is 2.30. The highest BCUT2D eigenvalue weighted by molar-refractivity contribution is 5.72. The van der Waals surface area contributed by atoms with E-state index >= 15 is 0 Å². The number of unbranched alkanes of at least 4 members (excludes halogenated alkanes) is 9. The lowest BCUT2D eigenvalue weighted by Gasteiger charge is -2.04. The van der Waals surface area contributed by atoms with Crippen molar-refractivity contribution in [2.24, 2.45) is 0 Å². The van der Waals surface area contributed by atoms with Crippen molar-refractivity contribution in [3.63, 3.8) is 0 Å². The molecule has 3 nitrogen and oxygen atoms in total. The van der Waals surface area contributed by atoms with E-state index in [1.54, 1.807) is 0 Å². The van der Waals surface area contributed by atoms with Gasteiger partial charge in [0.25, 0.3) is 0 Å². The van der Waals surface area contributed by atoms with Crippen LogP contribution in [0.25, 0.3) is 0 Å². The van der Waals surface area contributed by atoms with Gasteiger partial charge in [0.15, 0.2) is 0 Å². The van der Waals surface area contributed by atoms with Crippen molar-refractivity contribution in [1.29, 1.82) is 0 Å². The molecule has 0 aromatic heterocycles. The molecule has 0 aliphatic rings. The number of hydrazine groups is 1. The van der Waals surface area contributed by atoms with Gasteiger partial charge in [-0.05, 0) is 6.42 Å². The van der Waals surface area contributed by atoms with Crippen molar-refractivity contribution in [3.05, 3.63) is 0 Å². The summed E-state index contributed by atoms with van der Waals surface area (Å²) in [5, 5.41) is 0. The molecular formula is C14H30N2O. The zero-order chi connectivity index (χ0) is 12.8. The minimum atomic E-state index is -0.0166. The molecule has 0 aromatic rings. The topological polar surface area (TPSA) is 41.1 Å².